The van der Waals surface area contributed by atoms with Gasteiger partial charge in [0.25, 0.3) is 0 Å². The largest absolute Gasteiger partial charge is 0.416 e. The van der Waals surface area contributed by atoms with Crippen LogP contribution in [-0.4, -0.2) is 14.5 Å². The highest BCUT2D eigenvalue weighted by Gasteiger charge is 2.37. The molecule has 29 heavy (non-hydrogen) atoms. The summed E-state index contributed by atoms with van der Waals surface area (Å²) in [4.78, 5) is 8.72. The number of hydrogen-bond donors (Lipinski definition) is 0. The molecule has 0 bridgehead atoms. The van der Waals surface area contributed by atoms with Crippen molar-refractivity contribution in [2.75, 3.05) is 0 Å². The fourth-order valence-electron chi connectivity index (χ4n) is 3.08. The Morgan fingerprint density at radius 3 is 2.17 bits per heavy atom. The first-order chi connectivity index (χ1) is 13.5. The molecule has 3 nitrogen and oxygen atoms in total. The average Bonchev–Trinajstić information content (AvgIpc) is 2.97. The lowest BCUT2D eigenvalue weighted by atomic mass is 10.0. The van der Waals surface area contributed by atoms with Crippen molar-refractivity contribution in [2.45, 2.75) is 45.6 Å². The van der Waals surface area contributed by atoms with Gasteiger partial charge in [0.05, 0.1) is 17.7 Å². The number of imidazole rings is 1. The third-order valence-electron chi connectivity index (χ3n) is 4.80. The van der Waals surface area contributed by atoms with Crippen molar-refractivity contribution >= 4 is 11.2 Å². The summed E-state index contributed by atoms with van der Waals surface area (Å²) in [6.45, 7) is 3.81. The molecule has 3 rings (SSSR count). The molecule has 0 amide bonds. The Hall–Kier alpha value is -2.58. The highest BCUT2D eigenvalue weighted by molar-refractivity contribution is 5.71. The molecule has 0 fully saturated rings. The van der Waals surface area contributed by atoms with E-state index in [2.05, 4.69) is 9.97 Å². The minimum absolute atomic E-state index is 0.109. The molecular formula is C20H19F6N3. The highest BCUT2D eigenvalue weighted by Crippen LogP contribution is 2.36. The van der Waals surface area contributed by atoms with Gasteiger partial charge in [0, 0.05) is 12.6 Å². The number of nitrogens with zero attached hydrogens (tertiary/aromatic N) is 3. The van der Waals surface area contributed by atoms with Crippen LogP contribution >= 0.6 is 0 Å². The van der Waals surface area contributed by atoms with E-state index in [1.165, 1.54) is 6.20 Å². The summed E-state index contributed by atoms with van der Waals surface area (Å²) in [5.74, 6) is 0.830. The van der Waals surface area contributed by atoms with Crippen molar-refractivity contribution in [1.82, 2.24) is 14.5 Å². The van der Waals surface area contributed by atoms with Crippen molar-refractivity contribution in [3.8, 4) is 0 Å². The van der Waals surface area contributed by atoms with Gasteiger partial charge in [0.2, 0.25) is 0 Å². The van der Waals surface area contributed by atoms with Gasteiger partial charge >= 0.3 is 12.4 Å². The van der Waals surface area contributed by atoms with E-state index >= 15 is 0 Å². The first-order valence-electron chi connectivity index (χ1n) is 9.07. The normalized spacial score (nSPS) is 13.8. The van der Waals surface area contributed by atoms with Gasteiger partial charge in [0.15, 0.2) is 5.65 Å². The van der Waals surface area contributed by atoms with Gasteiger partial charge in [-0.1, -0.05) is 20.3 Å². The first-order valence-corrected chi connectivity index (χ1v) is 9.07. The lowest BCUT2D eigenvalue weighted by Gasteiger charge is -2.16. The molecule has 0 saturated heterocycles. The van der Waals surface area contributed by atoms with Crippen molar-refractivity contribution in [2.24, 2.45) is 5.92 Å². The summed E-state index contributed by atoms with van der Waals surface area (Å²) in [6, 6.07) is 5.02. The van der Waals surface area contributed by atoms with Crippen LogP contribution in [0.1, 0.15) is 42.8 Å². The minimum Gasteiger partial charge on any atom is -0.308 e. The van der Waals surface area contributed by atoms with Crippen LogP contribution in [0.4, 0.5) is 26.3 Å². The predicted molar refractivity (Wildman–Crippen MR) is 96.2 cm³/mol. The second-order valence-electron chi connectivity index (χ2n) is 7.09. The zero-order valence-electron chi connectivity index (χ0n) is 15.8. The second kappa shape index (κ2) is 7.68. The van der Waals surface area contributed by atoms with E-state index in [4.69, 9.17) is 0 Å². The number of rotatable bonds is 5. The maximum Gasteiger partial charge on any atom is 0.416 e. The maximum absolute atomic E-state index is 13.2. The van der Waals surface area contributed by atoms with Gasteiger partial charge < -0.3 is 4.57 Å². The van der Waals surface area contributed by atoms with Crippen LogP contribution in [-0.2, 0) is 25.3 Å². The van der Waals surface area contributed by atoms with Gasteiger partial charge in [-0.3, -0.25) is 0 Å². The summed E-state index contributed by atoms with van der Waals surface area (Å²) in [7, 11) is 0. The third-order valence-corrected chi connectivity index (χ3v) is 4.80. The molecule has 0 aliphatic heterocycles. The van der Waals surface area contributed by atoms with Crippen molar-refractivity contribution in [1.29, 1.82) is 0 Å². The maximum atomic E-state index is 13.2. The lowest BCUT2D eigenvalue weighted by molar-refractivity contribution is -0.143. The summed E-state index contributed by atoms with van der Waals surface area (Å²) >= 11 is 0. The first kappa shape index (κ1) is 21.1. The molecule has 3 aromatic rings. The Labute approximate surface area is 163 Å². The monoisotopic (exact) mass is 415 g/mol. The van der Waals surface area contributed by atoms with Crippen LogP contribution in [0.25, 0.3) is 11.2 Å². The molecule has 1 unspecified atom stereocenters. The Bertz CT molecular complexity index is 971. The average molecular weight is 415 g/mol. The molecule has 9 heteroatoms. The quantitative estimate of drug-likeness (QED) is 0.471. The number of alkyl halides is 6. The van der Waals surface area contributed by atoms with Gasteiger partial charge in [-0.2, -0.15) is 26.3 Å². The second-order valence-corrected chi connectivity index (χ2v) is 7.09. The third kappa shape index (κ3) is 4.71. The van der Waals surface area contributed by atoms with E-state index in [9.17, 15) is 26.3 Å². The van der Waals surface area contributed by atoms with Gasteiger partial charge in [0.1, 0.15) is 11.3 Å². The Balaban J connectivity index is 2.12. The van der Waals surface area contributed by atoms with E-state index in [-0.39, 0.29) is 24.1 Å². The predicted octanol–water partition coefficient (Wildman–Crippen LogP) is 6.11. The number of fused-ring (bicyclic) bond motifs is 1. The number of aromatic nitrogens is 3. The Morgan fingerprint density at radius 2 is 1.62 bits per heavy atom. The standard InChI is InChI=1S/C20H19F6N3/c1-3-12(2)7-17-28-16-5-4-6-27-18(16)29(17)11-13-8-14(19(21,22)23)10-15(9-13)20(24,25)26/h4-6,8-10,12H,3,7,11H2,1-2H3. The van der Waals surface area contributed by atoms with Crippen molar-refractivity contribution < 1.29 is 26.3 Å². The van der Waals surface area contributed by atoms with E-state index in [0.717, 1.165) is 18.6 Å². The minimum atomic E-state index is -4.88. The van der Waals surface area contributed by atoms with E-state index in [1.807, 2.05) is 13.8 Å². The van der Waals surface area contributed by atoms with Gasteiger partial charge in [-0.25, -0.2) is 9.97 Å². The Morgan fingerprint density at radius 1 is 1.00 bits per heavy atom. The molecule has 0 saturated carbocycles. The zero-order chi connectivity index (χ0) is 21.4. The highest BCUT2D eigenvalue weighted by atomic mass is 19.4. The lowest BCUT2D eigenvalue weighted by Crippen LogP contribution is -2.14. The van der Waals surface area contributed by atoms with Crippen molar-refractivity contribution in [3.05, 3.63) is 59.0 Å². The molecule has 1 atom stereocenters. The van der Waals surface area contributed by atoms with Crippen molar-refractivity contribution in [3.63, 3.8) is 0 Å². The van der Waals surface area contributed by atoms with E-state index < -0.39 is 23.5 Å². The van der Waals surface area contributed by atoms with Crippen LogP contribution < -0.4 is 0 Å². The smallest absolute Gasteiger partial charge is 0.308 e. The molecule has 0 aliphatic rings. The molecule has 1 aromatic carbocycles. The zero-order valence-corrected chi connectivity index (χ0v) is 15.8. The van der Waals surface area contributed by atoms with E-state index in [0.29, 0.717) is 23.4 Å². The van der Waals surface area contributed by atoms with Crippen LogP contribution in [0, 0.1) is 5.92 Å². The number of halogens is 6. The van der Waals surface area contributed by atoms with E-state index in [1.54, 1.807) is 16.7 Å². The molecule has 2 aromatic heterocycles. The summed E-state index contributed by atoms with van der Waals surface area (Å²) in [6.07, 6.45) is -6.85. The summed E-state index contributed by atoms with van der Waals surface area (Å²) in [5, 5.41) is 0. The Kier molecular flexibility index (Phi) is 5.60. The molecular weight excluding hydrogens is 396 g/mol. The molecule has 2 heterocycles. The van der Waals surface area contributed by atoms with Crippen LogP contribution in [0.5, 0.6) is 0 Å². The summed E-state index contributed by atoms with van der Waals surface area (Å²) < 4.78 is 80.6. The van der Waals surface area contributed by atoms with Crippen LogP contribution in [0.15, 0.2) is 36.5 Å². The fraction of sp³-hybridized carbons (Fsp3) is 0.400. The molecule has 156 valence electrons. The topological polar surface area (TPSA) is 30.7 Å². The van der Waals surface area contributed by atoms with Crippen LogP contribution in [0.3, 0.4) is 0 Å². The van der Waals surface area contributed by atoms with Gasteiger partial charge in [-0.05, 0) is 41.8 Å². The molecule has 0 aliphatic carbocycles. The number of benzene rings is 1. The fourth-order valence-corrected chi connectivity index (χ4v) is 3.08. The van der Waals surface area contributed by atoms with Gasteiger partial charge in [-0.15, -0.1) is 0 Å². The molecule has 0 radical (unpaired) electrons. The molecule has 0 spiro atoms. The number of pyridine rings is 1. The molecule has 0 N–H and O–H groups in total. The number of hydrogen-bond acceptors (Lipinski definition) is 2. The summed E-state index contributed by atoms with van der Waals surface area (Å²) in [5.41, 5.74) is -1.79. The SMILES string of the molecule is CCC(C)Cc1nc2cccnc2n1Cc1cc(C(F)(F)F)cc(C(F)(F)F)c1. The van der Waals surface area contributed by atoms with Crippen LogP contribution in [0.2, 0.25) is 0 Å².